The maximum absolute atomic E-state index is 15.0. The molecule has 1 aliphatic heterocycles. The summed E-state index contributed by atoms with van der Waals surface area (Å²) in [5, 5.41) is 16.6. The lowest BCUT2D eigenvalue weighted by Gasteiger charge is -2.27. The molecule has 0 aliphatic carbocycles. The second-order valence-corrected chi connectivity index (χ2v) is 8.20. The minimum absolute atomic E-state index is 0.0874. The molecule has 5 aromatic rings. The molecule has 0 fully saturated rings. The van der Waals surface area contributed by atoms with Gasteiger partial charge in [-0.1, -0.05) is 12.1 Å². The van der Waals surface area contributed by atoms with Gasteiger partial charge < -0.3 is 29.7 Å². The number of nitrogens with one attached hydrogen (secondary N) is 3. The van der Waals surface area contributed by atoms with E-state index in [4.69, 9.17) is 4.42 Å². The number of pyridine rings is 1. The molecule has 0 saturated heterocycles. The first-order valence-electron chi connectivity index (χ1n) is 10.7. The van der Waals surface area contributed by atoms with E-state index in [9.17, 15) is 19.5 Å². The summed E-state index contributed by atoms with van der Waals surface area (Å²) in [6, 6.07) is 12.0. The fourth-order valence-corrected chi connectivity index (χ4v) is 4.70. The molecule has 0 bridgehead atoms. The van der Waals surface area contributed by atoms with Crippen molar-refractivity contribution in [2.24, 2.45) is 0 Å². The van der Waals surface area contributed by atoms with Crippen LogP contribution in [0.15, 0.2) is 70.2 Å². The largest absolute Gasteiger partial charge is 0.477 e. The van der Waals surface area contributed by atoms with Crippen molar-refractivity contribution in [2.75, 3.05) is 10.6 Å². The quantitative estimate of drug-likeness (QED) is 0.313. The fraction of sp³-hybridized carbons (Fsp3) is 0.0800. The monoisotopic (exact) mass is 472 g/mol. The van der Waals surface area contributed by atoms with Crippen LogP contribution >= 0.6 is 0 Å². The Kier molecular flexibility index (Phi) is 4.49. The van der Waals surface area contributed by atoms with E-state index in [-0.39, 0.29) is 51.1 Å². The lowest BCUT2D eigenvalue weighted by atomic mass is 10.0. The van der Waals surface area contributed by atoms with Gasteiger partial charge in [-0.25, -0.2) is 9.18 Å². The first kappa shape index (κ1) is 20.7. The molecular weight excluding hydrogens is 455 g/mol. The van der Waals surface area contributed by atoms with Crippen molar-refractivity contribution < 1.29 is 23.5 Å². The molecule has 9 nitrogen and oxygen atoms in total. The van der Waals surface area contributed by atoms with Crippen LogP contribution in [0, 0.1) is 5.82 Å². The van der Waals surface area contributed by atoms with Crippen LogP contribution < -0.4 is 16.2 Å². The highest BCUT2D eigenvalue weighted by Gasteiger charge is 2.32. The van der Waals surface area contributed by atoms with Crippen LogP contribution in [-0.4, -0.2) is 32.6 Å². The average Bonchev–Trinajstić information content (AvgIpc) is 3.44. The number of benzene rings is 2. The number of aromatic carboxylic acids is 1. The number of anilines is 2. The number of carbonyl (C=O) groups excluding carboxylic acids is 1. The number of amides is 1. The van der Waals surface area contributed by atoms with Crippen LogP contribution in [0.2, 0.25) is 0 Å². The molecule has 0 saturated carbocycles. The van der Waals surface area contributed by atoms with Crippen molar-refractivity contribution in [3.8, 4) is 11.1 Å². The van der Waals surface area contributed by atoms with Gasteiger partial charge in [0.15, 0.2) is 0 Å². The Hall–Kier alpha value is -4.86. The standard InChI is InChI=1S/C25H17FN4O5/c26-14-10-18-20(22-12(14)7-9-35-22)19(13-4-3-8-27-23(13)31)21(25(33)34)30(18)11-17-24(32)29-16-6-2-1-5-15(16)28-17/h1-10,17,28H,11H2,(H,27,31)(H,29,32)(H,33,34). The van der Waals surface area contributed by atoms with E-state index in [0.29, 0.717) is 11.4 Å². The molecule has 4 N–H and O–H groups in total. The number of halogens is 1. The van der Waals surface area contributed by atoms with E-state index >= 15 is 4.39 Å². The van der Waals surface area contributed by atoms with Crippen LogP contribution in [0.4, 0.5) is 15.8 Å². The number of hydrogen-bond acceptors (Lipinski definition) is 5. The highest BCUT2D eigenvalue weighted by molar-refractivity contribution is 6.17. The lowest BCUT2D eigenvalue weighted by Crippen LogP contribution is -2.42. The van der Waals surface area contributed by atoms with Gasteiger partial charge in [0.2, 0.25) is 5.91 Å². The Morgan fingerprint density at radius 1 is 1.11 bits per heavy atom. The van der Waals surface area contributed by atoms with Crippen LogP contribution in [0.3, 0.4) is 0 Å². The van der Waals surface area contributed by atoms with E-state index in [0.717, 1.165) is 0 Å². The number of para-hydroxylation sites is 2. The van der Waals surface area contributed by atoms with E-state index < -0.39 is 23.4 Å². The Morgan fingerprint density at radius 3 is 2.69 bits per heavy atom. The third kappa shape index (κ3) is 3.11. The van der Waals surface area contributed by atoms with Gasteiger partial charge in [-0.2, -0.15) is 0 Å². The number of nitrogens with zero attached hydrogens (tertiary/aromatic N) is 1. The number of aromatic nitrogens is 2. The summed E-state index contributed by atoms with van der Waals surface area (Å²) in [5.74, 6) is -2.33. The summed E-state index contributed by atoms with van der Waals surface area (Å²) in [7, 11) is 0. The smallest absolute Gasteiger partial charge is 0.353 e. The number of aromatic amines is 1. The van der Waals surface area contributed by atoms with E-state index in [1.54, 1.807) is 30.3 Å². The fourth-order valence-electron chi connectivity index (χ4n) is 4.70. The number of hydrogen-bond donors (Lipinski definition) is 4. The summed E-state index contributed by atoms with van der Waals surface area (Å²) in [5.41, 5.74) is 0.985. The summed E-state index contributed by atoms with van der Waals surface area (Å²) < 4.78 is 21.9. The molecular formula is C25H17FN4O5. The van der Waals surface area contributed by atoms with E-state index in [2.05, 4.69) is 15.6 Å². The Balaban J connectivity index is 1.64. The SMILES string of the molecule is O=C(O)c1c(-c2ccc[nH]c2=O)c2c3occc3c(F)cc2n1CC1Nc2ccccc2NC1=O. The highest BCUT2D eigenvalue weighted by Crippen LogP contribution is 2.40. The molecule has 6 rings (SSSR count). The van der Waals surface area contributed by atoms with Crippen LogP contribution in [0.5, 0.6) is 0 Å². The van der Waals surface area contributed by atoms with Gasteiger partial charge in [-0.3, -0.25) is 9.59 Å². The van der Waals surface area contributed by atoms with Gasteiger partial charge >= 0.3 is 5.97 Å². The normalized spacial score (nSPS) is 15.1. The molecule has 2 aromatic carbocycles. The predicted octanol–water partition coefficient (Wildman–Crippen LogP) is 4.01. The van der Waals surface area contributed by atoms with Crippen LogP contribution in [-0.2, 0) is 11.3 Å². The Morgan fingerprint density at radius 2 is 1.91 bits per heavy atom. The number of furan rings is 1. The first-order chi connectivity index (χ1) is 16.9. The summed E-state index contributed by atoms with van der Waals surface area (Å²) in [4.78, 5) is 40.7. The molecule has 10 heteroatoms. The second kappa shape index (κ2) is 7.59. The van der Waals surface area contributed by atoms with Crippen molar-refractivity contribution in [3.05, 3.63) is 82.9 Å². The number of carboxylic acid groups (broad SMARTS) is 1. The van der Waals surface area contributed by atoms with Gasteiger partial charge in [0.1, 0.15) is 23.1 Å². The maximum atomic E-state index is 15.0. The van der Waals surface area contributed by atoms with Crippen LogP contribution in [0.25, 0.3) is 33.0 Å². The van der Waals surface area contributed by atoms with Crippen molar-refractivity contribution >= 4 is 45.1 Å². The molecule has 1 atom stereocenters. The molecule has 3 aromatic heterocycles. The maximum Gasteiger partial charge on any atom is 0.353 e. The third-order valence-corrected chi connectivity index (χ3v) is 6.20. The Labute approximate surface area is 195 Å². The van der Waals surface area contributed by atoms with Gasteiger partial charge in [-0.05, 0) is 36.4 Å². The van der Waals surface area contributed by atoms with Gasteiger partial charge in [0, 0.05) is 11.8 Å². The van der Waals surface area contributed by atoms with Gasteiger partial charge in [0.25, 0.3) is 5.56 Å². The van der Waals surface area contributed by atoms with Crippen molar-refractivity contribution in [3.63, 3.8) is 0 Å². The molecule has 1 unspecified atom stereocenters. The first-order valence-corrected chi connectivity index (χ1v) is 10.7. The zero-order chi connectivity index (χ0) is 24.3. The van der Waals surface area contributed by atoms with Gasteiger partial charge in [-0.15, -0.1) is 0 Å². The molecule has 4 heterocycles. The lowest BCUT2D eigenvalue weighted by molar-refractivity contribution is -0.117. The summed E-state index contributed by atoms with van der Waals surface area (Å²) in [6.45, 7) is -0.144. The van der Waals surface area contributed by atoms with E-state index in [1.807, 2.05) is 0 Å². The molecule has 0 spiro atoms. The summed E-state index contributed by atoms with van der Waals surface area (Å²) in [6.07, 6.45) is 2.73. The number of H-pyrrole nitrogens is 1. The molecule has 174 valence electrons. The van der Waals surface area contributed by atoms with Crippen LogP contribution in [0.1, 0.15) is 10.5 Å². The van der Waals surface area contributed by atoms with Crippen molar-refractivity contribution in [1.82, 2.24) is 9.55 Å². The number of carbonyl (C=O) groups is 2. The summed E-state index contributed by atoms with van der Waals surface area (Å²) >= 11 is 0. The second-order valence-electron chi connectivity index (χ2n) is 8.20. The zero-order valence-corrected chi connectivity index (χ0v) is 18.0. The minimum atomic E-state index is -1.34. The number of fused-ring (bicyclic) bond motifs is 4. The minimum Gasteiger partial charge on any atom is -0.477 e. The predicted molar refractivity (Wildman–Crippen MR) is 127 cm³/mol. The van der Waals surface area contributed by atoms with Gasteiger partial charge in [0.05, 0.1) is 46.0 Å². The topological polar surface area (TPSA) is 129 Å². The third-order valence-electron chi connectivity index (χ3n) is 6.20. The molecule has 35 heavy (non-hydrogen) atoms. The highest BCUT2D eigenvalue weighted by atomic mass is 19.1. The average molecular weight is 472 g/mol. The molecule has 0 radical (unpaired) electrons. The number of rotatable bonds is 4. The Bertz CT molecular complexity index is 1730. The zero-order valence-electron chi connectivity index (χ0n) is 18.0. The number of carboxylic acids is 1. The van der Waals surface area contributed by atoms with Crippen molar-refractivity contribution in [2.45, 2.75) is 12.6 Å². The molecule has 1 aliphatic rings. The molecule has 1 amide bonds. The van der Waals surface area contributed by atoms with Crippen molar-refractivity contribution in [1.29, 1.82) is 0 Å². The van der Waals surface area contributed by atoms with E-state index in [1.165, 1.54) is 35.2 Å².